The highest BCUT2D eigenvalue weighted by atomic mass is 32.3. The standard InChI is InChI=1S/C12H20N2O4.C8H18O4S/c1-3-16-6-7-17-8-9-18-12(15)10-11-13-4-5-14(11)2;1-2-3-4-5-6-7-8-12-13(9,10)11/h4-5H,3,6-10H2,1-2H3;2-8H2,1H3,(H,9,10,11). The number of rotatable bonds is 17. The molecule has 0 aliphatic carbocycles. The van der Waals surface area contributed by atoms with E-state index in [-0.39, 0.29) is 25.6 Å². The highest BCUT2D eigenvalue weighted by Gasteiger charge is 2.13. The minimum Gasteiger partial charge on any atom is -0.726 e. The number of hydrogen-bond acceptors (Lipinski definition) is 8. The Morgan fingerprint density at radius 2 is 1.65 bits per heavy atom. The van der Waals surface area contributed by atoms with Gasteiger partial charge in [-0.2, -0.15) is 0 Å². The van der Waals surface area contributed by atoms with Crippen molar-refractivity contribution >= 4 is 16.4 Å². The van der Waals surface area contributed by atoms with Gasteiger partial charge in [-0.1, -0.05) is 39.0 Å². The van der Waals surface area contributed by atoms with Crippen molar-refractivity contribution in [2.75, 3.05) is 39.6 Å². The molecule has 31 heavy (non-hydrogen) atoms. The molecule has 1 rings (SSSR count). The second-order valence-corrected chi connectivity index (χ2v) is 7.77. The summed E-state index contributed by atoms with van der Waals surface area (Å²) in [5.74, 6) is 0.554. The summed E-state index contributed by atoms with van der Waals surface area (Å²) < 4.78 is 51.2. The molecule has 0 fully saturated rings. The largest absolute Gasteiger partial charge is 0.726 e. The van der Waals surface area contributed by atoms with E-state index >= 15 is 0 Å². The first-order chi connectivity index (χ1) is 14.8. The summed E-state index contributed by atoms with van der Waals surface area (Å²) in [5, 5.41) is 0. The molecular formula is C20H38N2O8S. The number of aromatic amines is 1. The highest BCUT2D eigenvalue weighted by Crippen LogP contribution is 2.05. The lowest BCUT2D eigenvalue weighted by molar-refractivity contribution is -0.677. The van der Waals surface area contributed by atoms with Gasteiger partial charge >= 0.3 is 5.97 Å². The molecular weight excluding hydrogens is 428 g/mol. The van der Waals surface area contributed by atoms with Crippen LogP contribution in [0.15, 0.2) is 12.4 Å². The summed E-state index contributed by atoms with van der Waals surface area (Å²) in [4.78, 5) is 14.4. The van der Waals surface area contributed by atoms with Gasteiger partial charge in [0.1, 0.15) is 25.4 Å². The number of imidazole rings is 1. The van der Waals surface area contributed by atoms with Crippen molar-refractivity contribution in [3.05, 3.63) is 18.2 Å². The number of aromatic nitrogens is 2. The smallest absolute Gasteiger partial charge is 0.318 e. The fourth-order valence-electron chi connectivity index (χ4n) is 2.42. The summed E-state index contributed by atoms with van der Waals surface area (Å²) in [6.07, 6.45) is 10.1. The Balaban J connectivity index is 0.000000615. The van der Waals surface area contributed by atoms with Crippen molar-refractivity contribution in [2.45, 2.75) is 58.8 Å². The summed E-state index contributed by atoms with van der Waals surface area (Å²) in [5.41, 5.74) is 0. The first-order valence-corrected chi connectivity index (χ1v) is 12.1. The first-order valence-electron chi connectivity index (χ1n) is 10.7. The quantitative estimate of drug-likeness (QED) is 0.121. The highest BCUT2D eigenvalue weighted by molar-refractivity contribution is 7.80. The molecule has 0 radical (unpaired) electrons. The molecule has 0 saturated carbocycles. The number of carbonyl (C=O) groups excluding carboxylic acids is 1. The zero-order valence-electron chi connectivity index (χ0n) is 19.0. The van der Waals surface area contributed by atoms with Gasteiger partial charge in [-0.3, -0.25) is 8.98 Å². The first kappa shape index (κ1) is 29.5. The molecule has 1 aromatic heterocycles. The summed E-state index contributed by atoms with van der Waals surface area (Å²) in [7, 11) is -2.60. The zero-order valence-corrected chi connectivity index (χ0v) is 19.8. The Morgan fingerprint density at radius 3 is 2.26 bits per heavy atom. The van der Waals surface area contributed by atoms with Crippen molar-refractivity contribution in [3.8, 4) is 0 Å². The maximum atomic E-state index is 11.5. The van der Waals surface area contributed by atoms with Gasteiger partial charge in [-0.15, -0.1) is 0 Å². The maximum Gasteiger partial charge on any atom is 0.318 e. The third kappa shape index (κ3) is 20.1. The van der Waals surface area contributed by atoms with Crippen molar-refractivity contribution < 1.29 is 40.7 Å². The summed E-state index contributed by atoms with van der Waals surface area (Å²) in [6, 6.07) is 0. The Labute approximate surface area is 186 Å². The van der Waals surface area contributed by atoms with Crippen LogP contribution >= 0.6 is 0 Å². The molecule has 0 aliphatic rings. The van der Waals surface area contributed by atoms with Crippen LogP contribution in [0.1, 0.15) is 58.2 Å². The van der Waals surface area contributed by atoms with Gasteiger partial charge in [0.25, 0.3) is 5.82 Å². The predicted molar refractivity (Wildman–Crippen MR) is 113 cm³/mol. The monoisotopic (exact) mass is 466 g/mol. The van der Waals surface area contributed by atoms with Crippen LogP contribution in [0.3, 0.4) is 0 Å². The minimum atomic E-state index is -4.47. The minimum absolute atomic E-state index is 0.0258. The van der Waals surface area contributed by atoms with Gasteiger partial charge in [-0.25, -0.2) is 18.0 Å². The number of nitrogens with one attached hydrogen (secondary N) is 1. The lowest BCUT2D eigenvalue weighted by atomic mass is 10.1. The van der Waals surface area contributed by atoms with Gasteiger partial charge in [0.15, 0.2) is 0 Å². The Bertz CT molecular complexity index is 664. The number of ether oxygens (including phenoxy) is 3. The van der Waals surface area contributed by atoms with E-state index in [0.717, 1.165) is 18.7 Å². The van der Waals surface area contributed by atoms with E-state index in [1.54, 1.807) is 6.20 Å². The van der Waals surface area contributed by atoms with E-state index in [9.17, 15) is 17.8 Å². The van der Waals surface area contributed by atoms with Crippen LogP contribution in [-0.2, 0) is 47.1 Å². The van der Waals surface area contributed by atoms with Crippen molar-refractivity contribution in [2.24, 2.45) is 7.05 Å². The molecule has 0 atom stereocenters. The average Bonchev–Trinajstić information content (AvgIpc) is 3.10. The van der Waals surface area contributed by atoms with Gasteiger partial charge in [0, 0.05) is 6.61 Å². The third-order valence-electron chi connectivity index (χ3n) is 4.08. The number of hydrogen-bond donors (Lipinski definition) is 1. The second-order valence-electron chi connectivity index (χ2n) is 6.72. The SMILES string of the molecule is CCCCCCCCOS(=O)(=O)[O-].CCOCCOCCOC(=O)Cc1[nH]cc[n+]1C. The Kier molecular flexibility index (Phi) is 18.2. The van der Waals surface area contributed by atoms with E-state index in [4.69, 9.17) is 14.2 Å². The number of aryl methyl sites for hydroxylation is 1. The van der Waals surface area contributed by atoms with Crippen LogP contribution in [0.25, 0.3) is 0 Å². The summed E-state index contributed by atoms with van der Waals surface area (Å²) >= 11 is 0. The molecule has 0 unspecified atom stereocenters. The molecule has 11 heteroatoms. The van der Waals surface area contributed by atoms with Crippen LogP contribution < -0.4 is 4.57 Å². The lowest BCUT2D eigenvalue weighted by Crippen LogP contribution is -2.32. The number of nitrogens with zero attached hydrogens (tertiary/aromatic N) is 1. The van der Waals surface area contributed by atoms with Crippen LogP contribution in [0.4, 0.5) is 0 Å². The number of unbranched alkanes of at least 4 members (excludes halogenated alkanes) is 5. The average molecular weight is 467 g/mol. The maximum absolute atomic E-state index is 11.5. The topological polar surface area (TPSA) is 131 Å². The van der Waals surface area contributed by atoms with Crippen LogP contribution in [0.5, 0.6) is 0 Å². The molecule has 0 saturated heterocycles. The number of H-pyrrole nitrogens is 1. The van der Waals surface area contributed by atoms with Crippen molar-refractivity contribution in [3.63, 3.8) is 0 Å². The van der Waals surface area contributed by atoms with Crippen molar-refractivity contribution in [1.82, 2.24) is 4.98 Å². The molecule has 182 valence electrons. The van der Waals surface area contributed by atoms with Gasteiger partial charge in [0.2, 0.25) is 10.4 Å². The van der Waals surface area contributed by atoms with E-state index in [2.05, 4.69) is 16.1 Å². The zero-order chi connectivity index (χ0) is 23.4. The lowest BCUT2D eigenvalue weighted by Gasteiger charge is -2.06. The molecule has 1 N–H and O–H groups in total. The molecule has 0 spiro atoms. The number of esters is 1. The van der Waals surface area contributed by atoms with E-state index in [1.807, 2.05) is 24.7 Å². The van der Waals surface area contributed by atoms with Crippen LogP contribution in [0.2, 0.25) is 0 Å². The number of carbonyl (C=O) groups is 1. The molecule has 1 heterocycles. The van der Waals surface area contributed by atoms with Gasteiger partial charge in [0.05, 0.1) is 33.5 Å². The van der Waals surface area contributed by atoms with E-state index in [0.29, 0.717) is 32.8 Å². The fraction of sp³-hybridized carbons (Fsp3) is 0.800. The fourth-order valence-corrected chi connectivity index (χ4v) is 2.74. The molecule has 0 bridgehead atoms. The Morgan fingerprint density at radius 1 is 1.00 bits per heavy atom. The van der Waals surface area contributed by atoms with E-state index < -0.39 is 10.4 Å². The van der Waals surface area contributed by atoms with Crippen LogP contribution in [0, 0.1) is 0 Å². The van der Waals surface area contributed by atoms with Crippen LogP contribution in [-0.4, -0.2) is 63.6 Å². The third-order valence-corrected chi connectivity index (χ3v) is 4.53. The van der Waals surface area contributed by atoms with E-state index in [1.165, 1.54) is 19.3 Å². The predicted octanol–water partition coefficient (Wildman–Crippen LogP) is 1.80. The molecule has 0 aliphatic heterocycles. The molecule has 1 aromatic rings. The van der Waals surface area contributed by atoms with Gasteiger partial charge < -0.3 is 18.8 Å². The molecule has 0 aromatic carbocycles. The molecule has 0 amide bonds. The molecule has 10 nitrogen and oxygen atoms in total. The van der Waals surface area contributed by atoms with Crippen molar-refractivity contribution in [1.29, 1.82) is 0 Å². The Hall–Kier alpha value is -1.53. The normalized spacial score (nSPS) is 11.1. The summed E-state index contributed by atoms with van der Waals surface area (Å²) in [6.45, 7) is 6.55. The second kappa shape index (κ2) is 19.2. The van der Waals surface area contributed by atoms with Gasteiger partial charge in [-0.05, 0) is 13.3 Å².